The molecule has 0 aromatic carbocycles. The Morgan fingerprint density at radius 1 is 1.38 bits per heavy atom. The number of nitro groups is 1. The van der Waals surface area contributed by atoms with Crippen molar-refractivity contribution in [3.8, 4) is 0 Å². The maximum atomic E-state index is 12.7. The Hall–Kier alpha value is -2.82. The Balaban J connectivity index is 1.63. The van der Waals surface area contributed by atoms with E-state index in [4.69, 9.17) is 0 Å². The molecule has 29 heavy (non-hydrogen) atoms. The van der Waals surface area contributed by atoms with Crippen molar-refractivity contribution in [2.24, 2.45) is 5.92 Å². The standard InChI is InChI=1S/C18H21BrN6O4/c1-11-17(25(28)29)12(2)24(22-11)10-16(26)23-7-3-4-13(9-23)18(27)21-15-6-5-14(19)8-20-15/h5-6,8,13H,3-4,7,9-10H2,1-2H3,(H,20,21,27). The number of carbonyl (C=O) groups is 2. The summed E-state index contributed by atoms with van der Waals surface area (Å²) in [6.45, 7) is 3.86. The average molecular weight is 465 g/mol. The fourth-order valence-electron chi connectivity index (χ4n) is 3.43. The number of nitrogens with one attached hydrogen (secondary N) is 1. The molecule has 2 aromatic heterocycles. The summed E-state index contributed by atoms with van der Waals surface area (Å²) in [6, 6.07) is 3.48. The first-order chi connectivity index (χ1) is 13.8. The van der Waals surface area contributed by atoms with Crippen molar-refractivity contribution < 1.29 is 14.5 Å². The lowest BCUT2D eigenvalue weighted by molar-refractivity contribution is -0.386. The number of halogens is 1. The number of amides is 2. The molecule has 154 valence electrons. The molecule has 1 N–H and O–H groups in total. The first-order valence-corrected chi connectivity index (χ1v) is 9.94. The van der Waals surface area contributed by atoms with E-state index in [1.165, 1.54) is 4.68 Å². The van der Waals surface area contributed by atoms with Crippen LogP contribution >= 0.6 is 15.9 Å². The van der Waals surface area contributed by atoms with Crippen LogP contribution in [-0.2, 0) is 16.1 Å². The van der Waals surface area contributed by atoms with Crippen molar-refractivity contribution in [2.45, 2.75) is 33.2 Å². The highest BCUT2D eigenvalue weighted by Crippen LogP contribution is 2.23. The molecule has 0 saturated carbocycles. The fourth-order valence-corrected chi connectivity index (χ4v) is 3.66. The predicted octanol–water partition coefficient (Wildman–Crippen LogP) is 2.44. The second-order valence-electron chi connectivity index (χ2n) is 6.96. The van der Waals surface area contributed by atoms with Crippen molar-refractivity contribution in [1.29, 1.82) is 0 Å². The van der Waals surface area contributed by atoms with Crippen molar-refractivity contribution in [3.05, 3.63) is 44.3 Å². The molecule has 11 heteroatoms. The number of hydrogen-bond donors (Lipinski definition) is 1. The number of aromatic nitrogens is 3. The maximum Gasteiger partial charge on any atom is 0.312 e. The van der Waals surface area contributed by atoms with Gasteiger partial charge < -0.3 is 10.2 Å². The van der Waals surface area contributed by atoms with Gasteiger partial charge in [-0.3, -0.25) is 24.4 Å². The highest BCUT2D eigenvalue weighted by atomic mass is 79.9. The summed E-state index contributed by atoms with van der Waals surface area (Å²) in [6.07, 6.45) is 2.98. The molecule has 2 aromatic rings. The van der Waals surface area contributed by atoms with Crippen LogP contribution in [-0.4, -0.2) is 49.5 Å². The van der Waals surface area contributed by atoms with Crippen molar-refractivity contribution in [2.75, 3.05) is 18.4 Å². The van der Waals surface area contributed by atoms with Gasteiger partial charge in [0.25, 0.3) is 0 Å². The third kappa shape index (κ3) is 4.78. The normalized spacial score (nSPS) is 16.5. The van der Waals surface area contributed by atoms with Gasteiger partial charge in [0.1, 0.15) is 23.8 Å². The maximum absolute atomic E-state index is 12.7. The predicted molar refractivity (Wildman–Crippen MR) is 108 cm³/mol. The fraction of sp³-hybridized carbons (Fsp3) is 0.444. The minimum Gasteiger partial charge on any atom is -0.340 e. The molecule has 1 unspecified atom stereocenters. The van der Waals surface area contributed by atoms with E-state index in [0.717, 1.165) is 4.47 Å². The Morgan fingerprint density at radius 3 is 2.76 bits per heavy atom. The molecule has 0 spiro atoms. The number of likely N-dealkylation sites (tertiary alicyclic amines) is 1. The zero-order valence-electron chi connectivity index (χ0n) is 16.1. The van der Waals surface area contributed by atoms with E-state index in [2.05, 4.69) is 31.3 Å². The second-order valence-corrected chi connectivity index (χ2v) is 7.88. The molecule has 0 aliphatic carbocycles. The molecule has 1 atom stereocenters. The van der Waals surface area contributed by atoms with E-state index in [9.17, 15) is 19.7 Å². The van der Waals surface area contributed by atoms with Crippen LogP contribution < -0.4 is 5.32 Å². The summed E-state index contributed by atoms with van der Waals surface area (Å²) in [7, 11) is 0. The quantitative estimate of drug-likeness (QED) is 0.535. The largest absolute Gasteiger partial charge is 0.340 e. The molecule has 10 nitrogen and oxygen atoms in total. The molecular formula is C18H21BrN6O4. The van der Waals surface area contributed by atoms with Crippen LogP contribution in [0.3, 0.4) is 0 Å². The number of anilines is 1. The van der Waals surface area contributed by atoms with Gasteiger partial charge in [0, 0.05) is 23.8 Å². The Bertz CT molecular complexity index is 943. The first-order valence-electron chi connectivity index (χ1n) is 9.15. The summed E-state index contributed by atoms with van der Waals surface area (Å²) in [5, 5.41) is 18.0. The summed E-state index contributed by atoms with van der Waals surface area (Å²) in [5.41, 5.74) is 0.544. The lowest BCUT2D eigenvalue weighted by atomic mass is 9.97. The van der Waals surface area contributed by atoms with Crippen LogP contribution in [0.1, 0.15) is 24.2 Å². The van der Waals surface area contributed by atoms with Gasteiger partial charge in [-0.15, -0.1) is 0 Å². The number of piperidine rings is 1. The Morgan fingerprint density at radius 2 is 2.14 bits per heavy atom. The van der Waals surface area contributed by atoms with Crippen LogP contribution in [0.25, 0.3) is 0 Å². The number of rotatable bonds is 5. The van der Waals surface area contributed by atoms with Gasteiger partial charge >= 0.3 is 5.69 Å². The van der Waals surface area contributed by atoms with E-state index in [1.807, 2.05) is 0 Å². The highest BCUT2D eigenvalue weighted by molar-refractivity contribution is 9.10. The molecule has 0 bridgehead atoms. The van der Waals surface area contributed by atoms with Crippen molar-refractivity contribution in [1.82, 2.24) is 19.7 Å². The van der Waals surface area contributed by atoms with E-state index in [1.54, 1.807) is 37.1 Å². The smallest absolute Gasteiger partial charge is 0.312 e. The Labute approximate surface area is 175 Å². The monoisotopic (exact) mass is 464 g/mol. The van der Waals surface area contributed by atoms with Gasteiger partial charge in [-0.25, -0.2) is 4.98 Å². The first kappa shape index (κ1) is 20.9. The van der Waals surface area contributed by atoms with Crippen LogP contribution in [0.2, 0.25) is 0 Å². The molecule has 1 aliphatic heterocycles. The van der Waals surface area contributed by atoms with E-state index in [-0.39, 0.29) is 35.7 Å². The minimum atomic E-state index is -0.490. The van der Waals surface area contributed by atoms with Gasteiger partial charge in [0.05, 0.1) is 10.8 Å². The third-order valence-electron chi connectivity index (χ3n) is 4.93. The average Bonchev–Trinajstić information content (AvgIpc) is 2.96. The van der Waals surface area contributed by atoms with Crippen LogP contribution in [0.4, 0.5) is 11.5 Å². The lowest BCUT2D eigenvalue weighted by Gasteiger charge is -2.32. The summed E-state index contributed by atoms with van der Waals surface area (Å²) in [5.74, 6) is -0.284. The molecule has 3 heterocycles. The van der Waals surface area contributed by atoms with Crippen LogP contribution in [0.15, 0.2) is 22.8 Å². The SMILES string of the molecule is Cc1nn(CC(=O)N2CCCC(C(=O)Nc3ccc(Br)cn3)C2)c(C)c1[N+](=O)[O-]. The summed E-state index contributed by atoms with van der Waals surface area (Å²) < 4.78 is 2.17. The summed E-state index contributed by atoms with van der Waals surface area (Å²) in [4.78, 5) is 41.7. The third-order valence-corrected chi connectivity index (χ3v) is 5.40. The Kier molecular flexibility index (Phi) is 6.26. The topological polar surface area (TPSA) is 123 Å². The summed E-state index contributed by atoms with van der Waals surface area (Å²) >= 11 is 3.29. The molecule has 1 aliphatic rings. The van der Waals surface area contributed by atoms with Gasteiger partial charge in [-0.1, -0.05) is 0 Å². The molecule has 2 amide bonds. The number of carbonyl (C=O) groups excluding carboxylic acids is 2. The lowest BCUT2D eigenvalue weighted by Crippen LogP contribution is -2.45. The van der Waals surface area contributed by atoms with Gasteiger partial charge in [0.15, 0.2) is 0 Å². The molecule has 1 fully saturated rings. The molecule has 0 radical (unpaired) electrons. The van der Waals surface area contributed by atoms with Crippen LogP contribution in [0.5, 0.6) is 0 Å². The van der Waals surface area contributed by atoms with Gasteiger partial charge in [-0.05, 0) is 54.8 Å². The van der Waals surface area contributed by atoms with Gasteiger partial charge in [-0.2, -0.15) is 5.10 Å². The number of hydrogen-bond acceptors (Lipinski definition) is 6. The van der Waals surface area contributed by atoms with Crippen LogP contribution in [0, 0.1) is 29.9 Å². The van der Waals surface area contributed by atoms with E-state index >= 15 is 0 Å². The number of aryl methyl sites for hydroxylation is 1. The molecule has 3 rings (SSSR count). The minimum absolute atomic E-state index is 0.0734. The number of pyridine rings is 1. The van der Waals surface area contributed by atoms with E-state index in [0.29, 0.717) is 37.4 Å². The van der Waals surface area contributed by atoms with E-state index < -0.39 is 4.92 Å². The second kappa shape index (κ2) is 8.68. The zero-order valence-corrected chi connectivity index (χ0v) is 17.7. The van der Waals surface area contributed by atoms with Crippen molar-refractivity contribution in [3.63, 3.8) is 0 Å². The molecule has 1 saturated heterocycles. The van der Waals surface area contributed by atoms with Gasteiger partial charge in [0.2, 0.25) is 11.8 Å². The highest BCUT2D eigenvalue weighted by Gasteiger charge is 2.30. The van der Waals surface area contributed by atoms with Crippen molar-refractivity contribution >= 4 is 39.2 Å². The number of nitrogens with zero attached hydrogens (tertiary/aromatic N) is 5. The molecular weight excluding hydrogens is 444 g/mol. The zero-order chi connectivity index (χ0) is 21.1.